The average molecular weight is 267 g/mol. The van der Waals surface area contributed by atoms with Crippen molar-refractivity contribution in [2.45, 2.75) is 57.5 Å². The smallest absolute Gasteiger partial charge is 0.254 e. The van der Waals surface area contributed by atoms with Gasteiger partial charge in [0.1, 0.15) is 0 Å². The zero-order chi connectivity index (χ0) is 13.6. The lowest BCUT2D eigenvalue weighted by atomic mass is 9.81. The molecule has 0 spiro atoms. The minimum Gasteiger partial charge on any atom is -0.476 e. The summed E-state index contributed by atoms with van der Waals surface area (Å²) in [6, 6.07) is 1.86. The molecule has 0 radical (unpaired) electrons. The summed E-state index contributed by atoms with van der Waals surface area (Å²) >= 11 is 0. The van der Waals surface area contributed by atoms with Crippen LogP contribution in [0.2, 0.25) is 0 Å². The summed E-state index contributed by atoms with van der Waals surface area (Å²) in [5.41, 5.74) is 6.02. The molecule has 1 heterocycles. The second-order valence-electron chi connectivity index (χ2n) is 5.38. The van der Waals surface area contributed by atoms with Gasteiger partial charge in [0.2, 0.25) is 0 Å². The maximum absolute atomic E-state index is 5.94. The Bertz CT molecular complexity index is 373. The van der Waals surface area contributed by atoms with E-state index in [1.54, 1.807) is 0 Å². The van der Waals surface area contributed by atoms with E-state index in [0.717, 1.165) is 25.0 Å². The van der Waals surface area contributed by atoms with Crippen LogP contribution in [0.3, 0.4) is 0 Å². The van der Waals surface area contributed by atoms with Crippen molar-refractivity contribution in [3.8, 4) is 5.88 Å². The largest absolute Gasteiger partial charge is 0.476 e. The van der Waals surface area contributed by atoms with E-state index in [2.05, 4.69) is 17.4 Å². The van der Waals surface area contributed by atoms with E-state index in [-0.39, 0.29) is 5.54 Å². The van der Waals surface area contributed by atoms with Crippen molar-refractivity contribution < 1.29 is 9.26 Å². The van der Waals surface area contributed by atoms with Gasteiger partial charge in [0.15, 0.2) is 5.76 Å². The summed E-state index contributed by atoms with van der Waals surface area (Å²) < 4.78 is 10.7. The van der Waals surface area contributed by atoms with Gasteiger partial charge in [0.05, 0.1) is 13.2 Å². The molecule has 108 valence electrons. The van der Waals surface area contributed by atoms with Crippen LogP contribution in [-0.4, -0.2) is 23.8 Å². The van der Waals surface area contributed by atoms with E-state index in [0.29, 0.717) is 25.6 Å². The molecule has 0 unspecified atom stereocenters. The fourth-order valence-electron chi connectivity index (χ4n) is 2.61. The molecule has 1 fully saturated rings. The van der Waals surface area contributed by atoms with Gasteiger partial charge in [-0.1, -0.05) is 26.2 Å². The predicted octanol–water partition coefficient (Wildman–Crippen LogP) is 2.21. The Morgan fingerprint density at radius 2 is 2.21 bits per heavy atom. The van der Waals surface area contributed by atoms with Crippen molar-refractivity contribution in [1.29, 1.82) is 0 Å². The van der Waals surface area contributed by atoms with E-state index in [1.807, 2.05) is 6.07 Å². The molecule has 0 atom stereocenters. The quantitative estimate of drug-likeness (QED) is 0.792. The Hall–Kier alpha value is -1.07. The normalized spacial score (nSPS) is 18.4. The Morgan fingerprint density at radius 1 is 1.42 bits per heavy atom. The second kappa shape index (κ2) is 6.91. The van der Waals surface area contributed by atoms with Gasteiger partial charge in [-0.3, -0.25) is 0 Å². The van der Waals surface area contributed by atoms with Gasteiger partial charge >= 0.3 is 0 Å². The molecule has 3 N–H and O–H groups in total. The standard InChI is InChI=1S/C14H25N3O2/c1-2-8-18-13-9-12(19-17-13)10-16-14(11-15)6-4-3-5-7-14/h9,16H,2-8,10-11,15H2,1H3. The third-order valence-corrected chi connectivity index (χ3v) is 3.83. The zero-order valence-electron chi connectivity index (χ0n) is 11.8. The number of ether oxygens (including phenoxy) is 1. The minimum atomic E-state index is 0.0788. The molecule has 0 saturated heterocycles. The number of rotatable bonds is 7. The first-order chi connectivity index (χ1) is 9.28. The molecule has 2 rings (SSSR count). The lowest BCUT2D eigenvalue weighted by molar-refractivity contribution is 0.224. The summed E-state index contributed by atoms with van der Waals surface area (Å²) in [5.74, 6) is 1.38. The lowest BCUT2D eigenvalue weighted by Crippen LogP contribution is -2.51. The highest BCUT2D eigenvalue weighted by Crippen LogP contribution is 2.27. The summed E-state index contributed by atoms with van der Waals surface area (Å²) in [6.45, 7) is 4.09. The monoisotopic (exact) mass is 267 g/mol. The molecule has 1 aliphatic carbocycles. The van der Waals surface area contributed by atoms with Crippen molar-refractivity contribution in [2.24, 2.45) is 5.73 Å². The van der Waals surface area contributed by atoms with E-state index in [4.69, 9.17) is 15.0 Å². The van der Waals surface area contributed by atoms with Crippen LogP contribution in [-0.2, 0) is 6.54 Å². The van der Waals surface area contributed by atoms with Crippen LogP contribution in [0.5, 0.6) is 5.88 Å². The Kier molecular flexibility index (Phi) is 5.22. The zero-order valence-corrected chi connectivity index (χ0v) is 11.8. The molecule has 5 heteroatoms. The molecule has 1 aromatic heterocycles. The molecule has 0 aromatic carbocycles. The van der Waals surface area contributed by atoms with E-state index in [1.165, 1.54) is 19.3 Å². The number of nitrogens with two attached hydrogens (primary N) is 1. The van der Waals surface area contributed by atoms with Crippen LogP contribution in [0.1, 0.15) is 51.2 Å². The van der Waals surface area contributed by atoms with Crippen LogP contribution in [0, 0.1) is 0 Å². The van der Waals surface area contributed by atoms with Crippen molar-refractivity contribution >= 4 is 0 Å². The maximum atomic E-state index is 5.94. The number of nitrogens with one attached hydrogen (secondary N) is 1. The van der Waals surface area contributed by atoms with Crippen LogP contribution in [0.15, 0.2) is 10.6 Å². The van der Waals surface area contributed by atoms with Crippen LogP contribution < -0.4 is 15.8 Å². The van der Waals surface area contributed by atoms with Gasteiger partial charge in [-0.15, -0.1) is 0 Å². The highest BCUT2D eigenvalue weighted by atomic mass is 16.5. The Morgan fingerprint density at radius 3 is 2.89 bits per heavy atom. The summed E-state index contributed by atoms with van der Waals surface area (Å²) in [7, 11) is 0. The van der Waals surface area contributed by atoms with Gasteiger partial charge in [0.25, 0.3) is 5.88 Å². The number of aromatic nitrogens is 1. The summed E-state index contributed by atoms with van der Waals surface area (Å²) in [4.78, 5) is 0. The molecule has 0 aliphatic heterocycles. The van der Waals surface area contributed by atoms with Gasteiger partial charge in [-0.05, 0) is 24.4 Å². The van der Waals surface area contributed by atoms with Crippen molar-refractivity contribution in [1.82, 2.24) is 10.5 Å². The van der Waals surface area contributed by atoms with E-state index >= 15 is 0 Å². The molecule has 5 nitrogen and oxygen atoms in total. The van der Waals surface area contributed by atoms with Gasteiger partial charge in [0, 0.05) is 18.2 Å². The fourth-order valence-corrected chi connectivity index (χ4v) is 2.61. The van der Waals surface area contributed by atoms with Crippen LogP contribution in [0.4, 0.5) is 0 Å². The van der Waals surface area contributed by atoms with Crippen molar-refractivity contribution in [3.63, 3.8) is 0 Å². The third kappa shape index (κ3) is 3.94. The number of nitrogens with zero attached hydrogens (tertiary/aromatic N) is 1. The predicted molar refractivity (Wildman–Crippen MR) is 74.0 cm³/mol. The van der Waals surface area contributed by atoms with E-state index < -0.39 is 0 Å². The molecule has 19 heavy (non-hydrogen) atoms. The SMILES string of the molecule is CCCOc1cc(CNC2(CN)CCCCC2)on1. The third-order valence-electron chi connectivity index (χ3n) is 3.83. The first kappa shape index (κ1) is 14.3. The summed E-state index contributed by atoms with van der Waals surface area (Å²) in [6.07, 6.45) is 7.10. The first-order valence-corrected chi connectivity index (χ1v) is 7.31. The van der Waals surface area contributed by atoms with Gasteiger partial charge in [-0.25, -0.2) is 0 Å². The lowest BCUT2D eigenvalue weighted by Gasteiger charge is -2.37. The Balaban J connectivity index is 1.84. The van der Waals surface area contributed by atoms with Crippen LogP contribution in [0.25, 0.3) is 0 Å². The minimum absolute atomic E-state index is 0.0788. The molecule has 1 aliphatic rings. The molecular formula is C14H25N3O2. The Labute approximate surface area is 114 Å². The van der Waals surface area contributed by atoms with Crippen LogP contribution >= 0.6 is 0 Å². The van der Waals surface area contributed by atoms with E-state index in [9.17, 15) is 0 Å². The van der Waals surface area contributed by atoms with Crippen molar-refractivity contribution in [3.05, 3.63) is 11.8 Å². The maximum Gasteiger partial charge on any atom is 0.254 e. The summed E-state index contributed by atoms with van der Waals surface area (Å²) in [5, 5.41) is 7.45. The molecule has 1 aromatic rings. The van der Waals surface area contributed by atoms with Gasteiger partial charge in [-0.2, -0.15) is 0 Å². The average Bonchev–Trinajstić information content (AvgIpc) is 2.92. The number of hydrogen-bond donors (Lipinski definition) is 2. The second-order valence-corrected chi connectivity index (χ2v) is 5.38. The fraction of sp³-hybridized carbons (Fsp3) is 0.786. The molecule has 1 saturated carbocycles. The number of hydrogen-bond acceptors (Lipinski definition) is 5. The molecule has 0 bridgehead atoms. The molecular weight excluding hydrogens is 242 g/mol. The van der Waals surface area contributed by atoms with Crippen molar-refractivity contribution in [2.75, 3.05) is 13.2 Å². The van der Waals surface area contributed by atoms with Gasteiger partial charge < -0.3 is 20.3 Å². The first-order valence-electron chi connectivity index (χ1n) is 7.31. The molecule has 0 amide bonds. The highest BCUT2D eigenvalue weighted by Gasteiger charge is 2.30. The topological polar surface area (TPSA) is 73.3 Å². The highest BCUT2D eigenvalue weighted by molar-refractivity contribution is 5.11.